The topological polar surface area (TPSA) is 55.1 Å². The van der Waals surface area contributed by atoms with Gasteiger partial charge in [0.25, 0.3) is 0 Å². The van der Waals surface area contributed by atoms with Crippen molar-refractivity contribution < 1.29 is 8.91 Å². The van der Waals surface area contributed by atoms with Crippen molar-refractivity contribution in [3.8, 4) is 0 Å². The highest BCUT2D eigenvalue weighted by molar-refractivity contribution is 5.30. The molecule has 3 rings (SSSR count). The highest BCUT2D eigenvalue weighted by Gasteiger charge is 2.22. The van der Waals surface area contributed by atoms with E-state index in [0.717, 1.165) is 11.1 Å². The number of rotatable bonds is 6. The maximum atomic E-state index is 13.3. The van der Waals surface area contributed by atoms with E-state index in [9.17, 15) is 4.39 Å². The maximum Gasteiger partial charge on any atom is 0.240 e. The molecule has 0 N–H and O–H groups in total. The van der Waals surface area contributed by atoms with Gasteiger partial charge in [0.05, 0.1) is 12.6 Å². The minimum Gasteiger partial charge on any atom is -0.338 e. The molecule has 3 aromatic rings. The number of benzene rings is 1. The molecule has 0 amide bonds. The number of hydrogen-bond donors (Lipinski definition) is 0. The number of halogens is 1. The van der Waals surface area contributed by atoms with E-state index in [4.69, 9.17) is 4.52 Å². The zero-order valence-electron chi connectivity index (χ0n) is 14.6. The monoisotopic (exact) mass is 340 g/mol. The van der Waals surface area contributed by atoms with Crippen molar-refractivity contribution in [2.45, 2.75) is 32.4 Å². The van der Waals surface area contributed by atoms with Gasteiger partial charge in [0.1, 0.15) is 5.82 Å². The molecule has 6 heteroatoms. The number of hydrogen-bond acceptors (Lipinski definition) is 5. The summed E-state index contributed by atoms with van der Waals surface area (Å²) in [7, 11) is 1.97. The lowest BCUT2D eigenvalue weighted by Gasteiger charge is -2.27. The Morgan fingerprint density at radius 1 is 1.12 bits per heavy atom. The summed E-state index contributed by atoms with van der Waals surface area (Å²) in [5.41, 5.74) is 1.99. The van der Waals surface area contributed by atoms with Crippen LogP contribution in [0.5, 0.6) is 0 Å². The van der Waals surface area contributed by atoms with E-state index in [0.29, 0.717) is 18.3 Å². The van der Waals surface area contributed by atoms with Gasteiger partial charge in [0.15, 0.2) is 5.82 Å². The van der Waals surface area contributed by atoms with Gasteiger partial charge in [-0.25, -0.2) is 4.39 Å². The molecule has 0 spiro atoms. The fraction of sp³-hybridized carbons (Fsp3) is 0.316. The second-order valence-corrected chi connectivity index (χ2v) is 6.36. The molecule has 130 valence electrons. The van der Waals surface area contributed by atoms with Gasteiger partial charge in [0, 0.05) is 18.3 Å². The zero-order chi connectivity index (χ0) is 17.8. The van der Waals surface area contributed by atoms with Crippen molar-refractivity contribution >= 4 is 0 Å². The van der Waals surface area contributed by atoms with Gasteiger partial charge in [-0.3, -0.25) is 9.88 Å². The summed E-state index contributed by atoms with van der Waals surface area (Å²) in [6.45, 7) is 4.53. The van der Waals surface area contributed by atoms with Crippen molar-refractivity contribution in [1.29, 1.82) is 0 Å². The molecule has 0 fully saturated rings. The van der Waals surface area contributed by atoms with Gasteiger partial charge in [-0.1, -0.05) is 37.2 Å². The molecule has 0 aliphatic rings. The molecule has 0 bridgehead atoms. The largest absolute Gasteiger partial charge is 0.338 e. The molecular weight excluding hydrogens is 319 g/mol. The lowest BCUT2D eigenvalue weighted by Crippen LogP contribution is -2.25. The smallest absolute Gasteiger partial charge is 0.240 e. The Kier molecular flexibility index (Phi) is 5.19. The SMILES string of the molecule is CC(C)c1noc(CN(C)[C@@H](c2ccc(F)cc2)c2cccnc2)n1. The molecule has 2 aromatic heterocycles. The van der Waals surface area contributed by atoms with Crippen LogP contribution in [0.3, 0.4) is 0 Å². The first kappa shape index (κ1) is 17.2. The van der Waals surface area contributed by atoms with E-state index in [1.807, 2.05) is 39.2 Å². The summed E-state index contributed by atoms with van der Waals surface area (Å²) in [5, 5.41) is 4.01. The third-order valence-corrected chi connectivity index (χ3v) is 4.01. The summed E-state index contributed by atoms with van der Waals surface area (Å²) in [4.78, 5) is 10.7. The van der Waals surface area contributed by atoms with Crippen LogP contribution in [0.4, 0.5) is 4.39 Å². The molecule has 0 unspecified atom stereocenters. The van der Waals surface area contributed by atoms with Gasteiger partial charge >= 0.3 is 0 Å². The average molecular weight is 340 g/mol. The molecule has 25 heavy (non-hydrogen) atoms. The van der Waals surface area contributed by atoms with Crippen LogP contribution in [-0.2, 0) is 6.54 Å². The van der Waals surface area contributed by atoms with Crippen LogP contribution >= 0.6 is 0 Å². The third-order valence-electron chi connectivity index (χ3n) is 4.01. The second kappa shape index (κ2) is 7.53. The Balaban J connectivity index is 1.89. The van der Waals surface area contributed by atoms with Gasteiger partial charge in [-0.05, 0) is 36.4 Å². The van der Waals surface area contributed by atoms with E-state index in [2.05, 4.69) is 20.0 Å². The first-order valence-electron chi connectivity index (χ1n) is 8.22. The van der Waals surface area contributed by atoms with E-state index in [1.165, 1.54) is 12.1 Å². The quantitative estimate of drug-likeness (QED) is 0.680. The van der Waals surface area contributed by atoms with Crippen LogP contribution < -0.4 is 0 Å². The summed E-state index contributed by atoms with van der Waals surface area (Å²) in [5.74, 6) is 1.22. The molecular formula is C19H21FN4O. The van der Waals surface area contributed by atoms with E-state index >= 15 is 0 Å². The standard InChI is InChI=1S/C19H21FN4O/c1-13(2)19-22-17(25-23-19)12-24(3)18(15-5-4-10-21-11-15)14-6-8-16(20)9-7-14/h4-11,13,18H,12H2,1-3H3/t18-/m0/s1. The Bertz CT molecular complexity index is 802. The minimum atomic E-state index is -0.255. The summed E-state index contributed by atoms with van der Waals surface area (Å²) in [6, 6.07) is 10.3. The van der Waals surface area contributed by atoms with Crippen LogP contribution in [0.2, 0.25) is 0 Å². The van der Waals surface area contributed by atoms with Crippen LogP contribution in [0.1, 0.15) is 48.6 Å². The zero-order valence-corrected chi connectivity index (χ0v) is 14.6. The highest BCUT2D eigenvalue weighted by Crippen LogP contribution is 2.28. The minimum absolute atomic E-state index is 0.0938. The number of nitrogens with zero attached hydrogens (tertiary/aromatic N) is 4. The summed E-state index contributed by atoms with van der Waals surface area (Å²) < 4.78 is 18.7. The Hall–Kier alpha value is -2.60. The van der Waals surface area contributed by atoms with E-state index in [-0.39, 0.29) is 17.8 Å². The van der Waals surface area contributed by atoms with Crippen molar-refractivity contribution in [2.75, 3.05) is 7.05 Å². The van der Waals surface area contributed by atoms with E-state index < -0.39 is 0 Å². The highest BCUT2D eigenvalue weighted by atomic mass is 19.1. The van der Waals surface area contributed by atoms with Crippen molar-refractivity contribution in [3.63, 3.8) is 0 Å². The molecule has 1 atom stereocenters. The summed E-state index contributed by atoms with van der Waals surface area (Å²) >= 11 is 0. The first-order chi connectivity index (χ1) is 12.0. The van der Waals surface area contributed by atoms with Crippen LogP contribution in [-0.4, -0.2) is 27.1 Å². The molecule has 0 saturated carbocycles. The van der Waals surface area contributed by atoms with Gasteiger partial charge in [-0.15, -0.1) is 0 Å². The normalized spacial score (nSPS) is 12.7. The second-order valence-electron chi connectivity index (χ2n) is 6.36. The molecule has 0 aliphatic carbocycles. The van der Waals surface area contributed by atoms with Crippen molar-refractivity contribution in [3.05, 3.63) is 77.5 Å². The Morgan fingerprint density at radius 3 is 2.48 bits per heavy atom. The Morgan fingerprint density at radius 2 is 1.88 bits per heavy atom. The number of aromatic nitrogens is 3. The lowest BCUT2D eigenvalue weighted by atomic mass is 9.99. The van der Waals surface area contributed by atoms with Crippen LogP contribution in [0, 0.1) is 5.82 Å². The molecule has 0 saturated heterocycles. The van der Waals surface area contributed by atoms with Crippen LogP contribution in [0.25, 0.3) is 0 Å². The van der Waals surface area contributed by atoms with Gasteiger partial charge in [0.2, 0.25) is 5.89 Å². The van der Waals surface area contributed by atoms with E-state index in [1.54, 1.807) is 18.3 Å². The first-order valence-corrected chi connectivity index (χ1v) is 8.22. The van der Waals surface area contributed by atoms with Crippen molar-refractivity contribution in [1.82, 2.24) is 20.0 Å². The molecule has 5 nitrogen and oxygen atoms in total. The Labute approximate surface area is 146 Å². The molecule has 2 heterocycles. The lowest BCUT2D eigenvalue weighted by molar-refractivity contribution is 0.228. The summed E-state index contributed by atoms with van der Waals surface area (Å²) in [6.07, 6.45) is 3.55. The fourth-order valence-corrected chi connectivity index (χ4v) is 2.76. The molecule has 0 radical (unpaired) electrons. The fourth-order valence-electron chi connectivity index (χ4n) is 2.76. The predicted octanol–water partition coefficient (Wildman–Crippen LogP) is 3.95. The predicted molar refractivity (Wildman–Crippen MR) is 92.3 cm³/mol. The maximum absolute atomic E-state index is 13.3. The van der Waals surface area contributed by atoms with Gasteiger partial charge < -0.3 is 4.52 Å². The molecule has 0 aliphatic heterocycles. The third kappa shape index (κ3) is 4.09. The number of pyridine rings is 1. The average Bonchev–Trinajstić information content (AvgIpc) is 3.07. The van der Waals surface area contributed by atoms with Crippen LogP contribution in [0.15, 0.2) is 53.3 Å². The molecule has 1 aromatic carbocycles. The van der Waals surface area contributed by atoms with Crippen molar-refractivity contribution in [2.24, 2.45) is 0 Å². The van der Waals surface area contributed by atoms with Gasteiger partial charge in [-0.2, -0.15) is 4.98 Å².